The summed E-state index contributed by atoms with van der Waals surface area (Å²) in [5, 5.41) is 19.3. The Morgan fingerprint density at radius 3 is 2.56 bits per heavy atom. The van der Waals surface area contributed by atoms with Crippen LogP contribution in [-0.4, -0.2) is 77.5 Å². The molecular weight excluding hydrogens is 418 g/mol. The molecule has 2 aliphatic rings. The van der Waals surface area contributed by atoms with Crippen LogP contribution in [0, 0.1) is 0 Å². The third kappa shape index (κ3) is 6.03. The van der Waals surface area contributed by atoms with Gasteiger partial charge in [0.2, 0.25) is 23.6 Å². The summed E-state index contributed by atoms with van der Waals surface area (Å²) in [5.74, 6) is -2.95. The lowest BCUT2D eigenvalue weighted by atomic mass is 10.1. The number of nitrogens with zero attached hydrogens (tertiary/aromatic N) is 1. The van der Waals surface area contributed by atoms with E-state index in [9.17, 15) is 24.0 Å². The standard InChI is InChI=1S/C21H27N5O6/c27-17(11-23-21(32)15-8-9-22-16-6-7-18(28)26(15)16)25-14(20(31)24-12-19(29)30)10-13-4-2-1-3-5-13/h1-5,14-16,22H,6-12H2,(H,23,32)(H,24,31)(H,25,27)(H,29,30)/t14-,15-,16+/m0/s1. The van der Waals surface area contributed by atoms with Gasteiger partial charge in [0.15, 0.2) is 0 Å². The summed E-state index contributed by atoms with van der Waals surface area (Å²) in [6.45, 7) is -0.341. The minimum absolute atomic E-state index is 0.0928. The fourth-order valence-electron chi connectivity index (χ4n) is 3.95. The predicted octanol–water partition coefficient (Wildman–Crippen LogP) is -1.66. The van der Waals surface area contributed by atoms with Gasteiger partial charge in [-0.15, -0.1) is 0 Å². The molecule has 0 unspecified atom stereocenters. The molecule has 2 fully saturated rings. The van der Waals surface area contributed by atoms with E-state index in [4.69, 9.17) is 5.11 Å². The molecule has 11 nitrogen and oxygen atoms in total. The third-order valence-corrected chi connectivity index (χ3v) is 5.46. The number of amides is 4. The van der Waals surface area contributed by atoms with Crippen LogP contribution in [-0.2, 0) is 30.4 Å². The Kier molecular flexibility index (Phi) is 7.77. The van der Waals surface area contributed by atoms with Crippen LogP contribution >= 0.6 is 0 Å². The zero-order valence-electron chi connectivity index (χ0n) is 17.5. The summed E-state index contributed by atoms with van der Waals surface area (Å²) in [4.78, 5) is 61.9. The highest BCUT2D eigenvalue weighted by atomic mass is 16.4. The van der Waals surface area contributed by atoms with Gasteiger partial charge >= 0.3 is 5.97 Å². The molecule has 0 aliphatic carbocycles. The number of carboxylic acid groups (broad SMARTS) is 1. The highest BCUT2D eigenvalue weighted by Gasteiger charge is 2.41. The van der Waals surface area contributed by atoms with Gasteiger partial charge in [-0.05, 0) is 24.9 Å². The molecule has 1 aromatic rings. The first-order valence-electron chi connectivity index (χ1n) is 10.5. The normalized spacial score (nSPS) is 20.8. The second-order valence-electron chi connectivity index (χ2n) is 7.75. The molecule has 3 atom stereocenters. The van der Waals surface area contributed by atoms with Gasteiger partial charge in [-0.25, -0.2) is 0 Å². The van der Waals surface area contributed by atoms with Crippen LogP contribution in [0.1, 0.15) is 24.8 Å². The van der Waals surface area contributed by atoms with Crippen LogP contribution in [0.3, 0.4) is 0 Å². The molecule has 0 spiro atoms. The molecule has 4 amide bonds. The molecule has 32 heavy (non-hydrogen) atoms. The van der Waals surface area contributed by atoms with Crippen molar-refractivity contribution in [1.29, 1.82) is 0 Å². The summed E-state index contributed by atoms with van der Waals surface area (Å²) in [6, 6.07) is 7.31. The average molecular weight is 445 g/mol. The van der Waals surface area contributed by atoms with Crippen molar-refractivity contribution in [2.75, 3.05) is 19.6 Å². The maximum atomic E-state index is 12.6. The number of fused-ring (bicyclic) bond motifs is 1. The van der Waals surface area contributed by atoms with Crippen LogP contribution in [0.25, 0.3) is 0 Å². The molecule has 2 heterocycles. The summed E-state index contributed by atoms with van der Waals surface area (Å²) >= 11 is 0. The van der Waals surface area contributed by atoms with E-state index in [1.807, 2.05) is 6.07 Å². The molecule has 0 aromatic heterocycles. The monoisotopic (exact) mass is 445 g/mol. The highest BCUT2D eigenvalue weighted by Crippen LogP contribution is 2.24. The molecule has 172 valence electrons. The largest absolute Gasteiger partial charge is 0.480 e. The lowest BCUT2D eigenvalue weighted by Gasteiger charge is -2.37. The van der Waals surface area contributed by atoms with Crippen LogP contribution in [0.15, 0.2) is 30.3 Å². The number of rotatable bonds is 9. The Labute approximate surface area is 184 Å². The number of carbonyl (C=O) groups excluding carboxylic acids is 4. The van der Waals surface area contributed by atoms with Crippen molar-refractivity contribution in [3.05, 3.63) is 35.9 Å². The van der Waals surface area contributed by atoms with E-state index in [-0.39, 0.29) is 25.0 Å². The number of aliphatic carboxylic acids is 1. The van der Waals surface area contributed by atoms with E-state index in [1.54, 1.807) is 24.3 Å². The maximum absolute atomic E-state index is 12.6. The van der Waals surface area contributed by atoms with Gasteiger partial charge in [0.25, 0.3) is 0 Å². The van der Waals surface area contributed by atoms with Crippen molar-refractivity contribution in [2.24, 2.45) is 0 Å². The number of hydrogen-bond donors (Lipinski definition) is 5. The predicted molar refractivity (Wildman–Crippen MR) is 112 cm³/mol. The SMILES string of the molecule is O=C(O)CNC(=O)[C@H](Cc1ccccc1)NC(=O)CNC(=O)[C@@H]1CCN[C@H]2CCC(=O)N21. The lowest BCUT2D eigenvalue weighted by Crippen LogP contribution is -2.60. The van der Waals surface area contributed by atoms with Crippen molar-refractivity contribution in [3.63, 3.8) is 0 Å². The Morgan fingerprint density at radius 1 is 1.09 bits per heavy atom. The zero-order chi connectivity index (χ0) is 23.1. The first-order valence-corrected chi connectivity index (χ1v) is 10.5. The van der Waals surface area contributed by atoms with Gasteiger partial charge in [-0.1, -0.05) is 30.3 Å². The third-order valence-electron chi connectivity index (χ3n) is 5.46. The second-order valence-corrected chi connectivity index (χ2v) is 7.75. The molecule has 0 saturated carbocycles. The molecule has 1 aromatic carbocycles. The van der Waals surface area contributed by atoms with Gasteiger partial charge in [-0.2, -0.15) is 0 Å². The van der Waals surface area contributed by atoms with E-state index in [2.05, 4.69) is 21.3 Å². The smallest absolute Gasteiger partial charge is 0.322 e. The maximum Gasteiger partial charge on any atom is 0.322 e. The molecule has 3 rings (SSSR count). The Hall–Kier alpha value is -3.47. The van der Waals surface area contributed by atoms with E-state index in [1.165, 1.54) is 4.90 Å². The minimum atomic E-state index is -1.20. The number of carboxylic acids is 1. The van der Waals surface area contributed by atoms with Crippen molar-refractivity contribution in [1.82, 2.24) is 26.2 Å². The van der Waals surface area contributed by atoms with Crippen LogP contribution in [0.2, 0.25) is 0 Å². The molecule has 0 radical (unpaired) electrons. The highest BCUT2D eigenvalue weighted by molar-refractivity contribution is 5.93. The Balaban J connectivity index is 1.56. The van der Waals surface area contributed by atoms with Gasteiger partial charge in [0, 0.05) is 12.8 Å². The van der Waals surface area contributed by atoms with E-state index < -0.39 is 42.3 Å². The summed E-state index contributed by atoms with van der Waals surface area (Å²) in [7, 11) is 0. The first kappa shape index (κ1) is 23.2. The van der Waals surface area contributed by atoms with Crippen LogP contribution < -0.4 is 21.3 Å². The number of benzene rings is 1. The van der Waals surface area contributed by atoms with Crippen LogP contribution in [0.4, 0.5) is 0 Å². The molecule has 2 aliphatic heterocycles. The van der Waals surface area contributed by atoms with E-state index in [0.717, 1.165) is 5.56 Å². The second kappa shape index (κ2) is 10.7. The molecular formula is C21H27N5O6. The van der Waals surface area contributed by atoms with E-state index >= 15 is 0 Å². The van der Waals surface area contributed by atoms with Crippen molar-refractivity contribution >= 4 is 29.6 Å². The first-order chi connectivity index (χ1) is 15.3. The number of nitrogens with one attached hydrogen (secondary N) is 4. The summed E-state index contributed by atoms with van der Waals surface area (Å²) < 4.78 is 0. The average Bonchev–Trinajstić information content (AvgIpc) is 3.17. The summed E-state index contributed by atoms with van der Waals surface area (Å²) in [5.41, 5.74) is 0.778. The van der Waals surface area contributed by atoms with Crippen molar-refractivity contribution in [3.8, 4) is 0 Å². The number of carbonyl (C=O) groups is 5. The fraction of sp³-hybridized carbons (Fsp3) is 0.476. The van der Waals surface area contributed by atoms with Gasteiger partial charge in [-0.3, -0.25) is 29.3 Å². The van der Waals surface area contributed by atoms with Crippen LogP contribution in [0.5, 0.6) is 0 Å². The quantitative estimate of drug-likeness (QED) is 0.304. The molecule has 0 bridgehead atoms. The molecule has 2 saturated heterocycles. The van der Waals surface area contributed by atoms with Gasteiger partial charge in [0.1, 0.15) is 18.6 Å². The number of hydrogen-bond acceptors (Lipinski definition) is 6. The Morgan fingerprint density at radius 2 is 1.84 bits per heavy atom. The molecule has 11 heteroatoms. The van der Waals surface area contributed by atoms with Gasteiger partial charge < -0.3 is 26.0 Å². The Bertz CT molecular complexity index is 877. The topological polar surface area (TPSA) is 157 Å². The minimum Gasteiger partial charge on any atom is -0.480 e. The lowest BCUT2D eigenvalue weighted by molar-refractivity contribution is -0.142. The molecule has 5 N–H and O–H groups in total. The van der Waals surface area contributed by atoms with Gasteiger partial charge in [0.05, 0.1) is 12.7 Å². The summed E-state index contributed by atoms with van der Waals surface area (Å²) in [6.07, 6.45) is 1.48. The van der Waals surface area contributed by atoms with Crippen molar-refractivity contribution < 1.29 is 29.1 Å². The van der Waals surface area contributed by atoms with Crippen molar-refractivity contribution in [2.45, 2.75) is 43.9 Å². The zero-order valence-corrected chi connectivity index (χ0v) is 17.5. The van der Waals surface area contributed by atoms with E-state index in [0.29, 0.717) is 25.8 Å². The fourth-order valence-corrected chi connectivity index (χ4v) is 3.95.